The van der Waals surface area contributed by atoms with Gasteiger partial charge in [0.25, 0.3) is 11.5 Å². The quantitative estimate of drug-likeness (QED) is 0.239. The second kappa shape index (κ2) is 9.83. The van der Waals surface area contributed by atoms with Crippen molar-refractivity contribution in [2.24, 2.45) is 0 Å². The van der Waals surface area contributed by atoms with Crippen LogP contribution in [0.1, 0.15) is 33.3 Å². The van der Waals surface area contributed by atoms with Gasteiger partial charge in [-0.2, -0.15) is 23.0 Å². The number of thiophene rings is 1. The number of halogens is 3. The summed E-state index contributed by atoms with van der Waals surface area (Å²) in [6.07, 6.45) is -4.60. The number of nitrogens with one attached hydrogen (secondary N) is 1. The molecule has 0 aliphatic carbocycles. The van der Waals surface area contributed by atoms with Crippen LogP contribution in [0.4, 0.5) is 18.2 Å². The van der Waals surface area contributed by atoms with Gasteiger partial charge in [0, 0.05) is 16.2 Å². The maximum Gasteiger partial charge on any atom is 0.416 e. The number of carbonyl (C=O) groups excluding carboxylic acids is 2. The van der Waals surface area contributed by atoms with Crippen molar-refractivity contribution in [3.05, 3.63) is 97.6 Å². The van der Waals surface area contributed by atoms with Crippen molar-refractivity contribution < 1.29 is 31.9 Å². The highest BCUT2D eigenvalue weighted by Gasteiger charge is 2.30. The summed E-state index contributed by atoms with van der Waals surface area (Å²) in [7, 11) is 0. The Balaban J connectivity index is 1.64. The molecule has 0 aliphatic rings. The van der Waals surface area contributed by atoms with Gasteiger partial charge in [-0.25, -0.2) is 9.59 Å². The summed E-state index contributed by atoms with van der Waals surface area (Å²) in [5.41, 5.74) is -3.04. The standard InChI is InChI=1S/C26H16F3N3O6S/c1-2-37-25(36)20-17-12-39-22(30-21(33)16-11-13-5-3-4-6-18(13)38-24(16)35)19(17)23(34)32(31-20)15-9-7-14(8-10-15)26(27,28)29/h3-12H,2H2,1H3,(H,30,33). The lowest BCUT2D eigenvalue weighted by Gasteiger charge is -2.11. The first-order valence-corrected chi connectivity index (χ1v) is 12.2. The fraction of sp³-hybridized carbons (Fsp3) is 0.115. The fourth-order valence-electron chi connectivity index (χ4n) is 3.85. The third kappa shape index (κ3) is 4.79. The van der Waals surface area contributed by atoms with E-state index in [-0.39, 0.29) is 44.9 Å². The second-order valence-electron chi connectivity index (χ2n) is 8.12. The van der Waals surface area contributed by atoms with Gasteiger partial charge in [-0.1, -0.05) is 18.2 Å². The van der Waals surface area contributed by atoms with Crippen LogP contribution in [0, 0.1) is 0 Å². The zero-order valence-electron chi connectivity index (χ0n) is 19.9. The molecule has 0 fully saturated rings. The van der Waals surface area contributed by atoms with E-state index in [4.69, 9.17) is 9.15 Å². The molecule has 5 rings (SSSR count). The number of fused-ring (bicyclic) bond motifs is 2. The van der Waals surface area contributed by atoms with Crippen LogP contribution in [-0.2, 0) is 10.9 Å². The monoisotopic (exact) mass is 555 g/mol. The largest absolute Gasteiger partial charge is 0.461 e. The van der Waals surface area contributed by atoms with Crippen molar-refractivity contribution in [2.75, 3.05) is 11.9 Å². The summed E-state index contributed by atoms with van der Waals surface area (Å²) in [6, 6.07) is 11.5. The lowest BCUT2D eigenvalue weighted by molar-refractivity contribution is -0.137. The number of benzene rings is 2. The van der Waals surface area contributed by atoms with Crippen molar-refractivity contribution >= 4 is 50.0 Å². The van der Waals surface area contributed by atoms with Gasteiger partial charge in [-0.3, -0.25) is 9.59 Å². The van der Waals surface area contributed by atoms with E-state index in [1.807, 2.05) is 0 Å². The molecule has 198 valence electrons. The Morgan fingerprint density at radius 1 is 1.10 bits per heavy atom. The van der Waals surface area contributed by atoms with Crippen LogP contribution in [0.5, 0.6) is 0 Å². The third-order valence-corrected chi connectivity index (χ3v) is 6.57. The van der Waals surface area contributed by atoms with Crippen molar-refractivity contribution in [3.8, 4) is 5.69 Å². The summed E-state index contributed by atoms with van der Waals surface area (Å²) in [5, 5.41) is 8.38. The molecule has 0 saturated heterocycles. The van der Waals surface area contributed by atoms with Crippen LogP contribution < -0.4 is 16.5 Å². The van der Waals surface area contributed by atoms with Crippen LogP contribution in [0.3, 0.4) is 0 Å². The van der Waals surface area contributed by atoms with Crippen molar-refractivity contribution in [2.45, 2.75) is 13.1 Å². The number of nitrogens with zero attached hydrogens (tertiary/aromatic N) is 2. The van der Waals surface area contributed by atoms with E-state index in [2.05, 4.69) is 10.4 Å². The maximum atomic E-state index is 13.5. The van der Waals surface area contributed by atoms with E-state index >= 15 is 0 Å². The lowest BCUT2D eigenvalue weighted by atomic mass is 10.1. The predicted octanol–water partition coefficient (Wildman–Crippen LogP) is 5.00. The van der Waals surface area contributed by atoms with Gasteiger partial charge in [0.15, 0.2) is 5.69 Å². The Labute approximate surface area is 220 Å². The Kier molecular flexibility index (Phi) is 6.52. The van der Waals surface area contributed by atoms with Crippen molar-refractivity contribution in [1.29, 1.82) is 0 Å². The Hall–Kier alpha value is -4.78. The number of anilines is 1. The SMILES string of the molecule is CCOC(=O)c1nn(-c2ccc(C(F)(F)F)cc2)c(=O)c2c(NC(=O)c3cc4ccccc4oc3=O)scc12. The molecule has 1 N–H and O–H groups in total. The molecule has 3 heterocycles. The third-order valence-electron chi connectivity index (χ3n) is 5.67. The topological polar surface area (TPSA) is 120 Å². The van der Waals surface area contributed by atoms with Crippen LogP contribution in [-0.4, -0.2) is 28.3 Å². The molecular formula is C26H16F3N3O6S. The molecule has 0 aliphatic heterocycles. The molecule has 2 aromatic carbocycles. The highest BCUT2D eigenvalue weighted by Crippen LogP contribution is 2.32. The summed E-state index contributed by atoms with van der Waals surface area (Å²) in [6.45, 7) is 1.56. The molecule has 3 aromatic heterocycles. The van der Waals surface area contributed by atoms with Crippen LogP contribution in [0.2, 0.25) is 0 Å². The zero-order chi connectivity index (χ0) is 27.9. The summed E-state index contributed by atoms with van der Waals surface area (Å²) in [4.78, 5) is 51.7. The van der Waals surface area contributed by atoms with Crippen LogP contribution in [0.25, 0.3) is 27.4 Å². The Morgan fingerprint density at radius 2 is 1.82 bits per heavy atom. The number of ether oxygens (including phenoxy) is 1. The second-order valence-corrected chi connectivity index (χ2v) is 9.00. The predicted molar refractivity (Wildman–Crippen MR) is 137 cm³/mol. The normalized spacial score (nSPS) is 11.6. The molecule has 9 nitrogen and oxygen atoms in total. The average molecular weight is 555 g/mol. The molecule has 0 spiro atoms. The number of amides is 1. The number of alkyl halides is 3. The molecule has 13 heteroatoms. The molecule has 0 saturated carbocycles. The molecule has 0 unspecified atom stereocenters. The van der Waals surface area contributed by atoms with E-state index in [0.717, 1.165) is 40.3 Å². The fourth-order valence-corrected chi connectivity index (χ4v) is 4.78. The molecule has 5 aromatic rings. The zero-order valence-corrected chi connectivity index (χ0v) is 20.7. The van der Waals surface area contributed by atoms with Crippen molar-refractivity contribution in [3.63, 3.8) is 0 Å². The lowest BCUT2D eigenvalue weighted by Crippen LogP contribution is -2.26. The maximum absolute atomic E-state index is 13.5. The molecule has 0 bridgehead atoms. The van der Waals surface area contributed by atoms with Crippen molar-refractivity contribution in [1.82, 2.24) is 9.78 Å². The number of para-hydroxylation sites is 1. The minimum atomic E-state index is -4.60. The summed E-state index contributed by atoms with van der Waals surface area (Å²) in [5.74, 6) is -1.75. The van der Waals surface area contributed by atoms with Gasteiger partial charge in [0.2, 0.25) is 0 Å². The first-order chi connectivity index (χ1) is 18.6. The first kappa shape index (κ1) is 25.9. The Morgan fingerprint density at radius 3 is 2.51 bits per heavy atom. The van der Waals surface area contributed by atoms with Gasteiger partial charge in [0.05, 0.1) is 23.2 Å². The van der Waals surface area contributed by atoms with E-state index in [1.165, 1.54) is 11.4 Å². The van der Waals surface area contributed by atoms with E-state index in [0.29, 0.717) is 5.39 Å². The van der Waals surface area contributed by atoms with E-state index < -0.39 is 34.8 Å². The molecule has 39 heavy (non-hydrogen) atoms. The highest BCUT2D eigenvalue weighted by atomic mass is 32.1. The summed E-state index contributed by atoms with van der Waals surface area (Å²) < 4.78 is 50.1. The van der Waals surface area contributed by atoms with E-state index in [9.17, 15) is 32.3 Å². The number of aromatic nitrogens is 2. The van der Waals surface area contributed by atoms with Gasteiger partial charge >= 0.3 is 17.8 Å². The minimum Gasteiger partial charge on any atom is -0.461 e. The number of rotatable bonds is 5. The van der Waals surface area contributed by atoms with E-state index in [1.54, 1.807) is 31.2 Å². The van der Waals surface area contributed by atoms with Gasteiger partial charge in [-0.05, 0) is 43.3 Å². The number of esters is 1. The van der Waals surface area contributed by atoms with Gasteiger partial charge in [-0.15, -0.1) is 11.3 Å². The number of hydrogen-bond donors (Lipinski definition) is 1. The average Bonchev–Trinajstić information content (AvgIpc) is 3.32. The summed E-state index contributed by atoms with van der Waals surface area (Å²) >= 11 is 0.894. The molecule has 0 atom stereocenters. The Bertz CT molecular complexity index is 1870. The number of hydrogen-bond acceptors (Lipinski definition) is 8. The number of carbonyl (C=O) groups is 2. The van der Waals surface area contributed by atoms with Crippen LogP contribution >= 0.6 is 11.3 Å². The first-order valence-electron chi connectivity index (χ1n) is 11.3. The van der Waals surface area contributed by atoms with Crippen LogP contribution in [0.15, 0.2) is 74.0 Å². The van der Waals surface area contributed by atoms with Gasteiger partial charge < -0.3 is 14.5 Å². The molecular weight excluding hydrogens is 539 g/mol. The smallest absolute Gasteiger partial charge is 0.416 e. The molecule has 0 radical (unpaired) electrons. The minimum absolute atomic E-state index is 0.00706. The molecule has 1 amide bonds. The highest BCUT2D eigenvalue weighted by molar-refractivity contribution is 7.16. The van der Waals surface area contributed by atoms with Gasteiger partial charge in [0.1, 0.15) is 16.1 Å².